The summed E-state index contributed by atoms with van der Waals surface area (Å²) in [6, 6.07) is 8.37. The van der Waals surface area contributed by atoms with Crippen molar-refractivity contribution in [2.45, 2.75) is 103 Å². The molecule has 24 heavy (non-hydrogen) atoms. The molecule has 0 aromatic heterocycles. The molecule has 0 unspecified atom stereocenters. The van der Waals surface area contributed by atoms with E-state index in [1.807, 2.05) is 0 Å². The van der Waals surface area contributed by atoms with Gasteiger partial charge in [0.2, 0.25) is 0 Å². The third-order valence-corrected chi connectivity index (χ3v) is 17.3. The Bertz CT molecular complexity index is 390. The molecule has 0 amide bonds. The highest BCUT2D eigenvalue weighted by Gasteiger charge is 2.24. The normalized spacial score (nSPS) is 17.4. The van der Waals surface area contributed by atoms with Gasteiger partial charge in [0.05, 0.1) is 16.1 Å². The van der Waals surface area contributed by atoms with E-state index in [9.17, 15) is 0 Å². The molecule has 1 rings (SSSR count). The maximum atomic E-state index is 2.69. The van der Waals surface area contributed by atoms with E-state index in [1.165, 1.54) is 61.9 Å². The number of allylic oxidation sites excluding steroid dienone is 4. The Morgan fingerprint density at radius 3 is 1.12 bits per heavy atom. The van der Waals surface area contributed by atoms with Crippen LogP contribution in [0.4, 0.5) is 0 Å². The zero-order valence-corrected chi connectivity index (χ0v) is 19.4. The highest BCUT2D eigenvalue weighted by atomic mass is 28.3. The summed E-state index contributed by atoms with van der Waals surface area (Å²) in [6.07, 6.45) is 10.5. The molecule has 0 aromatic carbocycles. The standard InChI is InChI=1S/C22H42Si2/c1-7-23(8-2,9-3)19-17-21-15-13-14-16-22(21)18-20-24(10-4,11-5)12-6/h17-20H,7-16H2,1-6H3/b19-17+,20-18+. The van der Waals surface area contributed by atoms with Crippen molar-refractivity contribution >= 4 is 16.1 Å². The summed E-state index contributed by atoms with van der Waals surface area (Å²) in [5.74, 6) is 0. The summed E-state index contributed by atoms with van der Waals surface area (Å²) < 4.78 is 0. The first-order chi connectivity index (χ1) is 11.5. The molecule has 0 spiro atoms. The Hall–Kier alpha value is -0.346. The van der Waals surface area contributed by atoms with E-state index in [-0.39, 0.29) is 0 Å². The van der Waals surface area contributed by atoms with Crippen LogP contribution in [0.5, 0.6) is 0 Å². The molecular weight excluding hydrogens is 320 g/mol. The summed E-state index contributed by atoms with van der Waals surface area (Å²) in [5, 5.41) is 0. The van der Waals surface area contributed by atoms with Gasteiger partial charge in [-0.2, -0.15) is 0 Å². The first kappa shape index (κ1) is 21.7. The predicted octanol–water partition coefficient (Wildman–Crippen LogP) is 8.06. The summed E-state index contributed by atoms with van der Waals surface area (Å²) in [6.45, 7) is 14.4. The number of rotatable bonds is 10. The third kappa shape index (κ3) is 5.59. The number of hydrogen-bond donors (Lipinski definition) is 0. The van der Waals surface area contributed by atoms with Crippen molar-refractivity contribution in [1.82, 2.24) is 0 Å². The van der Waals surface area contributed by atoms with Gasteiger partial charge in [-0.05, 0) is 36.8 Å². The summed E-state index contributed by atoms with van der Waals surface area (Å²) in [5.41, 5.74) is 8.70. The molecule has 0 atom stereocenters. The monoisotopic (exact) mass is 362 g/mol. The predicted molar refractivity (Wildman–Crippen MR) is 118 cm³/mol. The molecule has 0 bridgehead atoms. The van der Waals surface area contributed by atoms with Gasteiger partial charge < -0.3 is 0 Å². The van der Waals surface area contributed by atoms with Gasteiger partial charge in [-0.1, -0.05) is 101 Å². The molecule has 0 aliphatic heterocycles. The molecule has 0 heterocycles. The minimum absolute atomic E-state index is 1.14. The third-order valence-electron chi connectivity index (χ3n) is 7.06. The summed E-state index contributed by atoms with van der Waals surface area (Å²) in [7, 11) is -2.28. The van der Waals surface area contributed by atoms with E-state index in [0.717, 1.165) is 0 Å². The van der Waals surface area contributed by atoms with Gasteiger partial charge in [-0.25, -0.2) is 0 Å². The number of hydrogen-bond acceptors (Lipinski definition) is 0. The van der Waals surface area contributed by atoms with E-state index in [2.05, 4.69) is 65.1 Å². The molecule has 2 heteroatoms. The Balaban J connectivity index is 3.08. The van der Waals surface area contributed by atoms with Gasteiger partial charge >= 0.3 is 0 Å². The fourth-order valence-corrected chi connectivity index (χ4v) is 9.62. The van der Waals surface area contributed by atoms with Crippen LogP contribution in [0, 0.1) is 0 Å². The van der Waals surface area contributed by atoms with E-state index < -0.39 is 16.1 Å². The largest absolute Gasteiger partial charge is 0.0940 e. The summed E-state index contributed by atoms with van der Waals surface area (Å²) >= 11 is 0. The van der Waals surface area contributed by atoms with Crippen LogP contribution in [-0.4, -0.2) is 16.1 Å². The van der Waals surface area contributed by atoms with Gasteiger partial charge in [-0.15, -0.1) is 0 Å². The molecule has 1 aliphatic carbocycles. The van der Waals surface area contributed by atoms with Crippen LogP contribution < -0.4 is 0 Å². The molecule has 0 N–H and O–H groups in total. The Kier molecular flexibility index (Phi) is 9.58. The lowest BCUT2D eigenvalue weighted by atomic mass is 9.92. The van der Waals surface area contributed by atoms with E-state index >= 15 is 0 Å². The lowest BCUT2D eigenvalue weighted by Crippen LogP contribution is -2.29. The Labute approximate surface area is 154 Å². The summed E-state index contributed by atoms with van der Waals surface area (Å²) in [4.78, 5) is 0. The van der Waals surface area contributed by atoms with Gasteiger partial charge in [0.15, 0.2) is 0 Å². The second-order valence-corrected chi connectivity index (χ2v) is 18.1. The average molecular weight is 363 g/mol. The van der Waals surface area contributed by atoms with Crippen LogP contribution in [-0.2, 0) is 0 Å². The van der Waals surface area contributed by atoms with E-state index in [1.54, 1.807) is 11.1 Å². The molecule has 0 saturated heterocycles. The minimum Gasteiger partial charge on any atom is -0.0940 e. The molecule has 0 nitrogen and oxygen atoms in total. The van der Waals surface area contributed by atoms with Crippen LogP contribution in [0.1, 0.15) is 67.2 Å². The fourth-order valence-electron chi connectivity index (χ4n) is 4.09. The van der Waals surface area contributed by atoms with Crippen molar-refractivity contribution in [2.24, 2.45) is 0 Å². The van der Waals surface area contributed by atoms with Crippen molar-refractivity contribution in [3.63, 3.8) is 0 Å². The van der Waals surface area contributed by atoms with Gasteiger partial charge in [0, 0.05) is 0 Å². The second-order valence-electron chi connectivity index (χ2n) is 7.77. The zero-order chi connectivity index (χ0) is 18.1. The lowest BCUT2D eigenvalue weighted by molar-refractivity contribution is 0.693. The molecule has 0 saturated carbocycles. The molecular formula is C22H42Si2. The highest BCUT2D eigenvalue weighted by molar-refractivity contribution is 6.84. The first-order valence-electron chi connectivity index (χ1n) is 10.6. The molecule has 1 aliphatic rings. The second kappa shape index (κ2) is 10.6. The smallest absolute Gasteiger partial charge is 0.0770 e. The van der Waals surface area contributed by atoms with Crippen LogP contribution in [0.3, 0.4) is 0 Å². The SMILES string of the molecule is CC[Si](/C=C/C1=C(/C=C/[Si](CC)(CC)CC)CCCC1)(CC)CC. The van der Waals surface area contributed by atoms with Crippen LogP contribution in [0.2, 0.25) is 36.3 Å². The van der Waals surface area contributed by atoms with Crippen LogP contribution >= 0.6 is 0 Å². The lowest BCUT2D eigenvalue weighted by Gasteiger charge is -2.26. The van der Waals surface area contributed by atoms with Gasteiger partial charge in [0.1, 0.15) is 0 Å². The maximum absolute atomic E-state index is 2.69. The van der Waals surface area contributed by atoms with Gasteiger partial charge in [0.25, 0.3) is 0 Å². The van der Waals surface area contributed by atoms with Crippen molar-refractivity contribution < 1.29 is 0 Å². The topological polar surface area (TPSA) is 0 Å². The van der Waals surface area contributed by atoms with E-state index in [4.69, 9.17) is 0 Å². The van der Waals surface area contributed by atoms with Crippen LogP contribution in [0.15, 0.2) is 34.7 Å². The zero-order valence-electron chi connectivity index (χ0n) is 17.4. The van der Waals surface area contributed by atoms with Crippen molar-refractivity contribution in [1.29, 1.82) is 0 Å². The highest BCUT2D eigenvalue weighted by Crippen LogP contribution is 2.30. The molecule has 138 valence electrons. The maximum Gasteiger partial charge on any atom is 0.0770 e. The minimum atomic E-state index is -1.14. The fraction of sp³-hybridized carbons (Fsp3) is 0.727. The van der Waals surface area contributed by atoms with Crippen molar-refractivity contribution in [3.05, 3.63) is 34.7 Å². The molecule has 0 aromatic rings. The van der Waals surface area contributed by atoms with Crippen molar-refractivity contribution in [3.8, 4) is 0 Å². The quantitative estimate of drug-likeness (QED) is 0.345. The average Bonchev–Trinajstić information content (AvgIpc) is 2.66. The first-order valence-corrected chi connectivity index (χ1v) is 16.0. The Morgan fingerprint density at radius 2 is 0.875 bits per heavy atom. The molecule has 0 fully saturated rings. The molecule has 0 radical (unpaired) electrons. The Morgan fingerprint density at radius 1 is 0.583 bits per heavy atom. The van der Waals surface area contributed by atoms with Crippen LogP contribution in [0.25, 0.3) is 0 Å². The van der Waals surface area contributed by atoms with Crippen molar-refractivity contribution in [2.75, 3.05) is 0 Å². The van der Waals surface area contributed by atoms with Gasteiger partial charge in [-0.3, -0.25) is 0 Å². The van der Waals surface area contributed by atoms with E-state index in [0.29, 0.717) is 0 Å².